The van der Waals surface area contributed by atoms with Crippen molar-refractivity contribution in [3.63, 3.8) is 0 Å². The van der Waals surface area contributed by atoms with Gasteiger partial charge in [0.1, 0.15) is 0 Å². The van der Waals surface area contributed by atoms with Gasteiger partial charge in [-0.05, 0) is 103 Å². The lowest BCUT2D eigenvalue weighted by Gasteiger charge is -2.19. The lowest BCUT2D eigenvalue weighted by Crippen LogP contribution is -2.03. The molecule has 0 saturated heterocycles. The lowest BCUT2D eigenvalue weighted by atomic mass is 9.98. The van der Waals surface area contributed by atoms with Crippen LogP contribution in [0.4, 0.5) is 0 Å². The van der Waals surface area contributed by atoms with Crippen LogP contribution in [0.3, 0.4) is 0 Å². The van der Waals surface area contributed by atoms with Gasteiger partial charge in [0.05, 0.1) is 49.8 Å². The normalized spacial score (nSPS) is 12.3. The number of rotatable bonds is 11. The van der Waals surface area contributed by atoms with Crippen molar-refractivity contribution in [2.45, 2.75) is 6.92 Å². The maximum Gasteiger partial charge on any atom is 0.164 e. The summed E-state index contributed by atoms with van der Waals surface area (Å²) in [5.41, 5.74) is 19.5. The van der Waals surface area contributed by atoms with E-state index in [0.29, 0.717) is 17.5 Å². The molecule has 89 heavy (non-hydrogen) atoms. The Labute approximate surface area is 513 Å². The first kappa shape index (κ1) is 51.5. The van der Waals surface area contributed by atoms with Crippen LogP contribution in [0.2, 0.25) is 0 Å². The Balaban J connectivity index is 0.855. The number of aromatic nitrogens is 7. The van der Waals surface area contributed by atoms with Gasteiger partial charge >= 0.3 is 0 Å². The third-order valence-electron chi connectivity index (χ3n) is 17.8. The fourth-order valence-corrected chi connectivity index (χ4v) is 13.8. The molecule has 17 rings (SSSR count). The van der Waals surface area contributed by atoms with Crippen molar-refractivity contribution < 1.29 is 0 Å². The average Bonchev–Trinajstić information content (AvgIpc) is 1.74. The fourth-order valence-electron chi connectivity index (χ4n) is 13.8. The second-order valence-electron chi connectivity index (χ2n) is 22.7. The molecule has 5 aromatic heterocycles. The van der Waals surface area contributed by atoms with Gasteiger partial charge in [-0.15, -0.1) is 0 Å². The van der Waals surface area contributed by atoms with Crippen molar-refractivity contribution >= 4 is 104 Å². The zero-order valence-electron chi connectivity index (χ0n) is 48.7. The van der Waals surface area contributed by atoms with Crippen molar-refractivity contribution in [3.05, 3.63) is 315 Å². The molecule has 0 spiro atoms. The van der Waals surface area contributed by atoms with E-state index in [1.54, 1.807) is 0 Å². The topological polar surface area (TPSA) is 58.4 Å². The van der Waals surface area contributed by atoms with Gasteiger partial charge in [-0.2, -0.15) is 0 Å². The predicted octanol–water partition coefficient (Wildman–Crippen LogP) is 21.1. The summed E-state index contributed by atoms with van der Waals surface area (Å²) < 4.78 is 9.51. The van der Waals surface area contributed by atoms with Crippen molar-refractivity contribution in [2.24, 2.45) is 0 Å². The molecule has 0 aliphatic rings. The molecule has 7 nitrogen and oxygen atoms in total. The van der Waals surface area contributed by atoms with Gasteiger partial charge in [0.25, 0.3) is 0 Å². The summed E-state index contributed by atoms with van der Waals surface area (Å²) in [4.78, 5) is 16.2. The Morgan fingerprint density at radius 3 is 1.18 bits per heavy atom. The highest BCUT2D eigenvalue weighted by atomic mass is 15.0. The van der Waals surface area contributed by atoms with E-state index in [1.807, 2.05) is 18.2 Å². The smallest absolute Gasteiger partial charge is 0.164 e. The second kappa shape index (κ2) is 20.9. The molecule has 5 heterocycles. The van der Waals surface area contributed by atoms with Crippen LogP contribution >= 0.6 is 0 Å². The minimum absolute atomic E-state index is 0.552. The Morgan fingerprint density at radius 1 is 0.326 bits per heavy atom. The minimum Gasteiger partial charge on any atom is -0.310 e. The number of hydrogen-bond acceptors (Lipinski definition) is 3. The van der Waals surface area contributed by atoms with Gasteiger partial charge in [-0.25, -0.2) is 15.0 Å². The molecule has 12 aromatic carbocycles. The van der Waals surface area contributed by atoms with Crippen LogP contribution in [-0.2, 0) is 0 Å². The average molecular weight is 1140 g/mol. The Hall–Kier alpha value is -11.9. The number of allylic oxidation sites excluding steroid dienone is 5. The number of nitrogens with zero attached hydrogens (tertiary/aromatic N) is 7. The van der Waals surface area contributed by atoms with Gasteiger partial charge < -0.3 is 18.3 Å². The van der Waals surface area contributed by atoms with E-state index in [4.69, 9.17) is 21.5 Å². The largest absolute Gasteiger partial charge is 0.310 e. The van der Waals surface area contributed by atoms with Crippen LogP contribution in [0.15, 0.2) is 310 Å². The summed E-state index contributed by atoms with van der Waals surface area (Å²) in [6.45, 7) is 7.14. The molecular formula is C82H55N7. The monoisotopic (exact) mass is 1140 g/mol. The van der Waals surface area contributed by atoms with Gasteiger partial charge in [0, 0.05) is 88.0 Å². The van der Waals surface area contributed by atoms with Crippen molar-refractivity contribution in [3.8, 4) is 56.7 Å². The quantitative estimate of drug-likeness (QED) is 0.121. The van der Waals surface area contributed by atoms with Gasteiger partial charge in [0.2, 0.25) is 0 Å². The SMILES string of the molecule is C=C(/C(=C\C(=C/C)n1c2ccccc2c2ccccc21)c1cccc(-c2nc(-c3ccccc3)nc(-c3cccc(-c4cc(-n5c6ccccc6c6ccccc65)ccc4-n4c5ccccc5c5ccccc54)c3)n2)c1)n1c2ccccc2c2ccccc21. The summed E-state index contributed by atoms with van der Waals surface area (Å²) in [5.74, 6) is 1.69. The summed E-state index contributed by atoms with van der Waals surface area (Å²) in [7, 11) is 0. The fraction of sp³-hybridized carbons (Fsp3) is 0.0122. The van der Waals surface area contributed by atoms with Gasteiger partial charge in [-0.1, -0.05) is 225 Å². The minimum atomic E-state index is 0.552. The zero-order valence-corrected chi connectivity index (χ0v) is 48.7. The third-order valence-corrected chi connectivity index (χ3v) is 17.8. The van der Waals surface area contributed by atoms with E-state index < -0.39 is 0 Å². The van der Waals surface area contributed by atoms with Crippen molar-refractivity contribution in [2.75, 3.05) is 0 Å². The molecule has 0 N–H and O–H groups in total. The van der Waals surface area contributed by atoms with Crippen molar-refractivity contribution in [1.29, 1.82) is 0 Å². The molecular weight excluding hydrogens is 1080 g/mol. The van der Waals surface area contributed by atoms with Gasteiger partial charge in [-0.3, -0.25) is 0 Å². The lowest BCUT2D eigenvalue weighted by molar-refractivity contribution is 1.07. The standard InChI is InChI=1S/C82H55N7/c1-3-59(87-73-41-17-9-33-63(73)64-34-10-18-42-74(64)87)51-69(53(2)86-71-39-15-7-31-61(71)62-32-8-16-40-72(62)86)55-27-23-29-57(49-55)81-83-80(54-25-5-4-6-26-54)84-82(85-81)58-30-24-28-56(50-58)70-52-60(88-75-43-19-11-35-65(75)66-36-12-20-44-76(66)88)47-48-79(70)89-77-45-21-13-37-67(77)68-38-14-22-46-78(68)89/h3-52H,2H2,1H3/b59-3+,69-51+. The van der Waals surface area contributed by atoms with Crippen LogP contribution in [0.25, 0.3) is 161 Å². The molecule has 0 saturated carbocycles. The molecule has 0 bridgehead atoms. The molecule has 418 valence electrons. The van der Waals surface area contributed by atoms with E-state index in [0.717, 1.165) is 106 Å². The number of benzene rings is 12. The van der Waals surface area contributed by atoms with Crippen LogP contribution in [0.1, 0.15) is 12.5 Å². The first-order valence-corrected chi connectivity index (χ1v) is 30.2. The van der Waals surface area contributed by atoms with E-state index in [2.05, 4.69) is 310 Å². The van der Waals surface area contributed by atoms with Crippen molar-refractivity contribution in [1.82, 2.24) is 33.2 Å². The Bertz CT molecular complexity index is 5570. The number of fused-ring (bicyclic) bond motifs is 12. The first-order valence-electron chi connectivity index (χ1n) is 30.2. The van der Waals surface area contributed by atoms with E-state index in [-0.39, 0.29) is 0 Å². The summed E-state index contributed by atoms with van der Waals surface area (Å²) in [6, 6.07) is 104. The highest BCUT2D eigenvalue weighted by Crippen LogP contribution is 2.43. The second-order valence-corrected chi connectivity index (χ2v) is 22.7. The molecule has 7 heteroatoms. The summed E-state index contributed by atoms with van der Waals surface area (Å²) in [6.07, 6.45) is 4.50. The van der Waals surface area contributed by atoms with Crippen LogP contribution in [-0.4, -0.2) is 33.2 Å². The van der Waals surface area contributed by atoms with Gasteiger partial charge in [0.15, 0.2) is 17.5 Å². The molecule has 0 unspecified atom stereocenters. The van der Waals surface area contributed by atoms with E-state index >= 15 is 0 Å². The highest BCUT2D eigenvalue weighted by molar-refractivity contribution is 6.16. The molecule has 0 aliphatic heterocycles. The first-order chi connectivity index (χ1) is 44.0. The highest BCUT2D eigenvalue weighted by Gasteiger charge is 2.23. The molecule has 17 aromatic rings. The van der Waals surface area contributed by atoms with Crippen LogP contribution in [0.5, 0.6) is 0 Å². The molecule has 0 aliphatic carbocycles. The third kappa shape index (κ3) is 8.39. The summed E-state index contributed by atoms with van der Waals surface area (Å²) >= 11 is 0. The number of hydrogen-bond donors (Lipinski definition) is 0. The predicted molar refractivity (Wildman–Crippen MR) is 372 cm³/mol. The molecule has 0 fully saturated rings. The Kier molecular flexibility index (Phi) is 12.1. The Morgan fingerprint density at radius 2 is 0.697 bits per heavy atom. The molecule has 0 atom stereocenters. The van der Waals surface area contributed by atoms with Crippen LogP contribution < -0.4 is 0 Å². The van der Waals surface area contributed by atoms with E-state index in [1.165, 1.54) is 43.1 Å². The molecule has 0 radical (unpaired) electrons. The number of para-hydroxylation sites is 8. The maximum atomic E-state index is 5.48. The molecule has 0 amide bonds. The zero-order chi connectivity index (χ0) is 59.1. The van der Waals surface area contributed by atoms with Crippen LogP contribution in [0, 0.1) is 0 Å². The summed E-state index contributed by atoms with van der Waals surface area (Å²) in [5, 5.41) is 9.56. The van der Waals surface area contributed by atoms with E-state index in [9.17, 15) is 0 Å². The maximum absolute atomic E-state index is 5.48.